The van der Waals surface area contributed by atoms with Crippen LogP contribution in [0.1, 0.15) is 59.1 Å². The molecule has 0 bridgehead atoms. The van der Waals surface area contributed by atoms with E-state index >= 15 is 0 Å². The Morgan fingerprint density at radius 1 is 0.971 bits per heavy atom. The van der Waals surface area contributed by atoms with Crippen LogP contribution in [0.2, 0.25) is 0 Å². The summed E-state index contributed by atoms with van der Waals surface area (Å²) in [6, 6.07) is 20.5. The van der Waals surface area contributed by atoms with Crippen LogP contribution in [-0.4, -0.2) is 35.3 Å². The van der Waals surface area contributed by atoms with Crippen LogP contribution >= 0.6 is 0 Å². The molecule has 6 heteroatoms. The lowest BCUT2D eigenvalue weighted by molar-refractivity contribution is -0.133. The number of hydrogen-bond donors (Lipinski definition) is 2. The first-order valence-corrected chi connectivity index (χ1v) is 11.9. The zero-order valence-corrected chi connectivity index (χ0v) is 19.6. The van der Waals surface area contributed by atoms with Crippen molar-refractivity contribution in [3.05, 3.63) is 95.8 Å². The molecule has 2 amide bonds. The predicted octanol–water partition coefficient (Wildman–Crippen LogP) is 4.77. The van der Waals surface area contributed by atoms with E-state index in [2.05, 4.69) is 22.4 Å². The molecule has 0 aliphatic heterocycles. The number of amides is 2. The highest BCUT2D eigenvalue weighted by atomic mass is 16.2. The number of carbonyl (C=O) groups excluding carboxylic acids is 2. The highest BCUT2D eigenvalue weighted by Gasteiger charge is 2.34. The summed E-state index contributed by atoms with van der Waals surface area (Å²) in [4.78, 5) is 31.7. The number of likely N-dealkylation sites (N-methyl/N-ethyl adjacent to an activating group) is 1. The monoisotopic (exact) mass is 456 g/mol. The van der Waals surface area contributed by atoms with Crippen LogP contribution < -0.4 is 11.1 Å². The molecule has 2 atom stereocenters. The zero-order valence-electron chi connectivity index (χ0n) is 19.6. The van der Waals surface area contributed by atoms with Gasteiger partial charge >= 0.3 is 0 Å². The average Bonchev–Trinajstić information content (AvgIpc) is 3.40. The fraction of sp³-hybridized carbons (Fsp3) is 0.321. The van der Waals surface area contributed by atoms with Crippen molar-refractivity contribution < 1.29 is 9.59 Å². The molecule has 1 heterocycles. The molecule has 34 heavy (non-hydrogen) atoms. The van der Waals surface area contributed by atoms with Gasteiger partial charge in [-0.05, 0) is 54.2 Å². The van der Waals surface area contributed by atoms with Crippen molar-refractivity contribution >= 4 is 17.5 Å². The SMILES string of the molecule is CN(CC(N)c1ccc(C(=O)Nc2ccncc2)cc1)C(=O)C(c1ccccc1)C1CCCC1. The number of aromatic nitrogens is 1. The van der Waals surface area contributed by atoms with E-state index in [1.165, 1.54) is 12.8 Å². The van der Waals surface area contributed by atoms with Gasteiger partial charge < -0.3 is 16.0 Å². The largest absolute Gasteiger partial charge is 0.343 e. The standard InChI is InChI=1S/C28H32N4O2/c1-32(28(34)26(22-9-5-6-10-22)21-7-3-2-4-8-21)19-25(29)20-11-13-23(14-12-20)27(33)31-24-15-17-30-18-16-24/h2-4,7-8,11-18,22,25-26H,5-6,9-10,19,29H2,1H3,(H,30,31,33). The van der Waals surface area contributed by atoms with E-state index in [0.717, 1.165) is 24.0 Å². The molecule has 1 aromatic heterocycles. The Hall–Kier alpha value is -3.51. The minimum absolute atomic E-state index is 0.125. The summed E-state index contributed by atoms with van der Waals surface area (Å²) in [7, 11) is 1.84. The molecule has 3 N–H and O–H groups in total. The highest BCUT2D eigenvalue weighted by molar-refractivity contribution is 6.04. The van der Waals surface area contributed by atoms with Crippen LogP contribution in [0, 0.1) is 5.92 Å². The van der Waals surface area contributed by atoms with E-state index in [1.807, 2.05) is 37.4 Å². The lowest BCUT2D eigenvalue weighted by Gasteiger charge is -2.30. The van der Waals surface area contributed by atoms with Gasteiger partial charge in [0.1, 0.15) is 0 Å². The van der Waals surface area contributed by atoms with Gasteiger partial charge in [-0.25, -0.2) is 0 Å². The molecule has 176 valence electrons. The van der Waals surface area contributed by atoms with Crippen LogP contribution in [0.25, 0.3) is 0 Å². The molecule has 6 nitrogen and oxygen atoms in total. The summed E-state index contributed by atoms with van der Waals surface area (Å²) in [6.45, 7) is 0.414. The number of hydrogen-bond acceptors (Lipinski definition) is 4. The minimum atomic E-state index is -0.341. The molecular weight excluding hydrogens is 424 g/mol. The van der Waals surface area contributed by atoms with Crippen molar-refractivity contribution in [3.63, 3.8) is 0 Å². The van der Waals surface area contributed by atoms with Gasteiger partial charge in [-0.3, -0.25) is 14.6 Å². The van der Waals surface area contributed by atoms with Crippen LogP contribution in [0.4, 0.5) is 5.69 Å². The van der Waals surface area contributed by atoms with E-state index in [1.54, 1.807) is 41.6 Å². The van der Waals surface area contributed by atoms with E-state index in [9.17, 15) is 9.59 Å². The van der Waals surface area contributed by atoms with Gasteiger partial charge in [-0.2, -0.15) is 0 Å². The van der Waals surface area contributed by atoms with Crippen molar-refractivity contribution in [1.82, 2.24) is 9.88 Å². The maximum Gasteiger partial charge on any atom is 0.255 e. The smallest absolute Gasteiger partial charge is 0.255 e. The Morgan fingerprint density at radius 3 is 2.26 bits per heavy atom. The molecular formula is C28H32N4O2. The zero-order chi connectivity index (χ0) is 23.9. The van der Waals surface area contributed by atoms with Crippen LogP contribution in [0.5, 0.6) is 0 Å². The second-order valence-electron chi connectivity index (χ2n) is 9.07. The van der Waals surface area contributed by atoms with Crippen molar-refractivity contribution in [3.8, 4) is 0 Å². The van der Waals surface area contributed by atoms with Gasteiger partial charge in [-0.1, -0.05) is 55.3 Å². The first-order chi connectivity index (χ1) is 16.5. The molecule has 0 saturated heterocycles. The van der Waals surface area contributed by atoms with Gasteiger partial charge in [0, 0.05) is 43.3 Å². The Bertz CT molecular complexity index is 1080. The molecule has 0 radical (unpaired) electrons. The van der Waals surface area contributed by atoms with Gasteiger partial charge in [0.25, 0.3) is 5.91 Å². The molecule has 1 aliphatic rings. The Morgan fingerprint density at radius 2 is 1.62 bits per heavy atom. The van der Waals surface area contributed by atoms with Crippen LogP contribution in [0.3, 0.4) is 0 Å². The fourth-order valence-electron chi connectivity index (χ4n) is 4.82. The molecule has 0 spiro atoms. The quantitative estimate of drug-likeness (QED) is 0.511. The summed E-state index contributed by atoms with van der Waals surface area (Å²) >= 11 is 0. The van der Waals surface area contributed by atoms with Crippen LogP contribution in [-0.2, 0) is 4.79 Å². The number of carbonyl (C=O) groups is 2. The molecule has 1 fully saturated rings. The third-order valence-corrected chi connectivity index (χ3v) is 6.68. The normalized spacial score (nSPS) is 15.5. The second-order valence-corrected chi connectivity index (χ2v) is 9.07. The number of rotatable bonds is 8. The van der Waals surface area contributed by atoms with Gasteiger partial charge in [0.2, 0.25) is 5.91 Å². The van der Waals surface area contributed by atoms with Crippen molar-refractivity contribution in [2.24, 2.45) is 11.7 Å². The first-order valence-electron chi connectivity index (χ1n) is 11.9. The summed E-state index contributed by atoms with van der Waals surface area (Å²) in [6.07, 6.45) is 7.81. The number of benzene rings is 2. The molecule has 2 aromatic carbocycles. The van der Waals surface area contributed by atoms with Crippen LogP contribution in [0.15, 0.2) is 79.1 Å². The van der Waals surface area contributed by atoms with Crippen molar-refractivity contribution in [2.75, 3.05) is 18.9 Å². The molecule has 1 aliphatic carbocycles. The van der Waals surface area contributed by atoms with Crippen molar-refractivity contribution in [1.29, 1.82) is 0 Å². The van der Waals surface area contributed by atoms with Gasteiger partial charge in [0.15, 0.2) is 0 Å². The van der Waals surface area contributed by atoms with Gasteiger partial charge in [0.05, 0.1) is 5.92 Å². The van der Waals surface area contributed by atoms with E-state index in [4.69, 9.17) is 5.73 Å². The van der Waals surface area contributed by atoms with E-state index in [0.29, 0.717) is 23.7 Å². The third kappa shape index (κ3) is 5.69. The summed E-state index contributed by atoms with van der Waals surface area (Å²) in [5.41, 5.74) is 9.68. The molecule has 4 rings (SSSR count). The molecule has 3 aromatic rings. The Kier molecular flexibility index (Phi) is 7.70. The maximum absolute atomic E-state index is 13.5. The maximum atomic E-state index is 13.5. The Labute approximate surface area is 201 Å². The fourth-order valence-corrected chi connectivity index (χ4v) is 4.82. The van der Waals surface area contributed by atoms with Gasteiger partial charge in [-0.15, -0.1) is 0 Å². The predicted molar refractivity (Wildman–Crippen MR) is 134 cm³/mol. The average molecular weight is 457 g/mol. The topological polar surface area (TPSA) is 88.3 Å². The first kappa shape index (κ1) is 23.6. The number of pyridine rings is 1. The van der Waals surface area contributed by atoms with Crippen molar-refractivity contribution in [2.45, 2.75) is 37.6 Å². The lowest BCUT2D eigenvalue weighted by atomic mass is 9.83. The van der Waals surface area contributed by atoms with E-state index < -0.39 is 0 Å². The minimum Gasteiger partial charge on any atom is -0.343 e. The summed E-state index contributed by atoms with van der Waals surface area (Å²) in [5, 5.41) is 2.85. The number of anilines is 1. The number of nitrogens with zero attached hydrogens (tertiary/aromatic N) is 2. The Balaban J connectivity index is 1.40. The highest BCUT2D eigenvalue weighted by Crippen LogP contribution is 2.38. The number of nitrogens with one attached hydrogen (secondary N) is 1. The third-order valence-electron chi connectivity index (χ3n) is 6.68. The lowest BCUT2D eigenvalue weighted by Crippen LogP contribution is -2.39. The molecule has 1 saturated carbocycles. The molecule has 2 unspecified atom stereocenters. The summed E-state index contributed by atoms with van der Waals surface area (Å²) < 4.78 is 0. The second kappa shape index (κ2) is 11.1. The number of nitrogens with two attached hydrogens (primary N) is 1. The van der Waals surface area contributed by atoms with E-state index in [-0.39, 0.29) is 23.8 Å². The summed E-state index contributed by atoms with van der Waals surface area (Å²) in [5.74, 6) is 0.190.